The highest BCUT2D eigenvalue weighted by Gasteiger charge is 2.32. The summed E-state index contributed by atoms with van der Waals surface area (Å²) in [5.41, 5.74) is 0.812. The molecular formula is C14H14ClNO3. The van der Waals surface area contributed by atoms with Crippen molar-refractivity contribution in [2.45, 2.75) is 18.9 Å². The maximum atomic E-state index is 12.0. The number of carbonyl (C=O) groups is 2. The first-order valence-electron chi connectivity index (χ1n) is 6.02. The molecule has 0 radical (unpaired) electrons. The van der Waals surface area contributed by atoms with E-state index in [9.17, 15) is 9.59 Å². The number of nitrogens with zero attached hydrogens (tertiary/aromatic N) is 1. The van der Waals surface area contributed by atoms with E-state index in [1.54, 1.807) is 24.3 Å². The van der Waals surface area contributed by atoms with Gasteiger partial charge in [0.1, 0.15) is 6.54 Å². The van der Waals surface area contributed by atoms with Crippen LogP contribution in [-0.2, 0) is 9.59 Å². The summed E-state index contributed by atoms with van der Waals surface area (Å²) in [5, 5.41) is 9.39. The Hall–Kier alpha value is -1.81. The lowest BCUT2D eigenvalue weighted by Gasteiger charge is -2.17. The van der Waals surface area contributed by atoms with Crippen LogP contribution in [0.5, 0.6) is 0 Å². The molecule has 1 amide bonds. The summed E-state index contributed by atoms with van der Waals surface area (Å²) in [6.45, 7) is -0.247. The quantitative estimate of drug-likeness (QED) is 0.842. The number of halogens is 1. The van der Waals surface area contributed by atoms with Gasteiger partial charge in [-0.25, -0.2) is 0 Å². The number of hydrogen-bond acceptors (Lipinski definition) is 2. The Morgan fingerprint density at radius 3 is 2.74 bits per heavy atom. The molecule has 1 fully saturated rings. The molecule has 0 bridgehead atoms. The number of carboxylic acid groups (broad SMARTS) is 1. The molecule has 0 aliphatic heterocycles. The molecular weight excluding hydrogens is 266 g/mol. The highest BCUT2D eigenvalue weighted by Crippen LogP contribution is 2.27. The molecule has 0 unspecified atom stereocenters. The summed E-state index contributed by atoms with van der Waals surface area (Å²) in [6, 6.07) is 7.19. The fraction of sp³-hybridized carbons (Fsp3) is 0.286. The largest absolute Gasteiger partial charge is 0.480 e. The molecule has 0 spiro atoms. The predicted molar refractivity (Wildman–Crippen MR) is 72.9 cm³/mol. The third-order valence-corrected chi connectivity index (χ3v) is 3.08. The van der Waals surface area contributed by atoms with E-state index in [1.165, 1.54) is 11.0 Å². The van der Waals surface area contributed by atoms with Crippen molar-refractivity contribution in [3.63, 3.8) is 0 Å². The summed E-state index contributed by atoms with van der Waals surface area (Å²) < 4.78 is 0. The third-order valence-electron chi connectivity index (χ3n) is 2.84. The first-order chi connectivity index (χ1) is 9.06. The second-order valence-electron chi connectivity index (χ2n) is 4.48. The smallest absolute Gasteiger partial charge is 0.323 e. The summed E-state index contributed by atoms with van der Waals surface area (Å²) in [7, 11) is 0. The summed E-state index contributed by atoms with van der Waals surface area (Å²) in [6.07, 6.45) is 4.80. The zero-order valence-electron chi connectivity index (χ0n) is 10.3. The van der Waals surface area contributed by atoms with E-state index in [0.717, 1.165) is 18.4 Å². The Kier molecular flexibility index (Phi) is 4.22. The number of rotatable bonds is 5. The van der Waals surface area contributed by atoms with Crippen LogP contribution in [0.2, 0.25) is 5.02 Å². The normalized spacial score (nSPS) is 14.6. The van der Waals surface area contributed by atoms with Crippen molar-refractivity contribution in [1.29, 1.82) is 0 Å². The number of hydrogen-bond donors (Lipinski definition) is 1. The zero-order valence-corrected chi connectivity index (χ0v) is 11.0. The van der Waals surface area contributed by atoms with Crippen molar-refractivity contribution < 1.29 is 14.7 Å². The lowest BCUT2D eigenvalue weighted by Crippen LogP contribution is -2.36. The van der Waals surface area contributed by atoms with Crippen LogP contribution < -0.4 is 0 Å². The fourth-order valence-electron chi connectivity index (χ4n) is 1.79. The minimum atomic E-state index is -0.989. The molecule has 0 atom stereocenters. The van der Waals surface area contributed by atoms with Gasteiger partial charge in [-0.15, -0.1) is 0 Å². The van der Waals surface area contributed by atoms with Gasteiger partial charge in [0.05, 0.1) is 0 Å². The van der Waals surface area contributed by atoms with Crippen LogP contribution in [0, 0.1) is 0 Å². The molecule has 1 saturated carbocycles. The Balaban J connectivity index is 2.04. The molecule has 1 aliphatic rings. The highest BCUT2D eigenvalue weighted by atomic mass is 35.5. The average Bonchev–Trinajstić information content (AvgIpc) is 3.17. The number of benzene rings is 1. The van der Waals surface area contributed by atoms with Gasteiger partial charge in [-0.3, -0.25) is 9.59 Å². The van der Waals surface area contributed by atoms with E-state index in [2.05, 4.69) is 0 Å². The molecule has 1 N–H and O–H groups in total. The summed E-state index contributed by atoms with van der Waals surface area (Å²) in [4.78, 5) is 24.1. The number of carbonyl (C=O) groups excluding carboxylic acids is 1. The van der Waals surface area contributed by atoms with Crippen molar-refractivity contribution in [3.05, 3.63) is 40.9 Å². The minimum Gasteiger partial charge on any atom is -0.480 e. The molecule has 5 heteroatoms. The second kappa shape index (κ2) is 5.89. The van der Waals surface area contributed by atoms with Gasteiger partial charge in [-0.1, -0.05) is 23.7 Å². The molecule has 1 aromatic carbocycles. The van der Waals surface area contributed by atoms with Crippen LogP contribution in [0.25, 0.3) is 6.08 Å². The Labute approximate surface area is 116 Å². The predicted octanol–water partition coefficient (Wildman–Crippen LogP) is 2.43. The molecule has 100 valence electrons. The van der Waals surface area contributed by atoms with E-state index in [1.807, 2.05) is 6.07 Å². The number of amides is 1. The number of carboxylic acids is 1. The van der Waals surface area contributed by atoms with Gasteiger partial charge in [0.15, 0.2) is 0 Å². The average molecular weight is 280 g/mol. The summed E-state index contributed by atoms with van der Waals surface area (Å²) >= 11 is 5.85. The fourth-order valence-corrected chi connectivity index (χ4v) is 1.99. The molecule has 19 heavy (non-hydrogen) atoms. The van der Waals surface area contributed by atoms with E-state index >= 15 is 0 Å². The van der Waals surface area contributed by atoms with Crippen molar-refractivity contribution in [1.82, 2.24) is 4.90 Å². The van der Waals surface area contributed by atoms with Gasteiger partial charge in [-0.2, -0.15) is 0 Å². The maximum Gasteiger partial charge on any atom is 0.323 e. The first-order valence-corrected chi connectivity index (χ1v) is 6.40. The zero-order chi connectivity index (χ0) is 13.8. The van der Waals surface area contributed by atoms with Crippen molar-refractivity contribution in [2.75, 3.05) is 6.54 Å². The molecule has 0 heterocycles. The monoisotopic (exact) mass is 279 g/mol. The van der Waals surface area contributed by atoms with Crippen LogP contribution in [-0.4, -0.2) is 34.5 Å². The van der Waals surface area contributed by atoms with Crippen molar-refractivity contribution in [2.24, 2.45) is 0 Å². The highest BCUT2D eigenvalue weighted by molar-refractivity contribution is 6.30. The van der Waals surface area contributed by atoms with Gasteiger partial charge < -0.3 is 10.0 Å². The second-order valence-corrected chi connectivity index (χ2v) is 4.92. The van der Waals surface area contributed by atoms with E-state index < -0.39 is 5.97 Å². The first kappa shape index (κ1) is 13.6. The van der Waals surface area contributed by atoms with Crippen LogP contribution in [0.1, 0.15) is 18.4 Å². The van der Waals surface area contributed by atoms with Gasteiger partial charge in [0, 0.05) is 17.1 Å². The Morgan fingerprint density at radius 2 is 2.16 bits per heavy atom. The standard InChI is InChI=1S/C14H14ClNO3/c15-11-3-1-2-10(8-11)4-7-13(17)16(9-14(18)19)12-5-6-12/h1-4,7-8,12H,5-6,9H2,(H,18,19). The SMILES string of the molecule is O=C(O)CN(C(=O)C=Cc1cccc(Cl)c1)C1CC1. The molecule has 1 aromatic rings. The van der Waals surface area contributed by atoms with Crippen LogP contribution in [0.15, 0.2) is 30.3 Å². The Bertz CT molecular complexity index is 523. The van der Waals surface area contributed by atoms with Gasteiger partial charge >= 0.3 is 5.97 Å². The topological polar surface area (TPSA) is 57.6 Å². The lowest BCUT2D eigenvalue weighted by molar-refractivity contribution is -0.143. The van der Waals surface area contributed by atoms with E-state index in [0.29, 0.717) is 5.02 Å². The van der Waals surface area contributed by atoms with Crippen molar-refractivity contribution >= 4 is 29.6 Å². The van der Waals surface area contributed by atoms with Crippen LogP contribution in [0.4, 0.5) is 0 Å². The van der Waals surface area contributed by atoms with Crippen LogP contribution in [0.3, 0.4) is 0 Å². The van der Waals surface area contributed by atoms with Gasteiger partial charge in [0.25, 0.3) is 0 Å². The molecule has 0 aromatic heterocycles. The molecule has 0 saturated heterocycles. The minimum absolute atomic E-state index is 0.0765. The van der Waals surface area contributed by atoms with E-state index in [-0.39, 0.29) is 18.5 Å². The lowest BCUT2D eigenvalue weighted by atomic mass is 10.2. The number of aliphatic carboxylic acids is 1. The molecule has 2 rings (SSSR count). The van der Waals surface area contributed by atoms with Gasteiger partial charge in [0.2, 0.25) is 5.91 Å². The van der Waals surface area contributed by atoms with Crippen LogP contribution >= 0.6 is 11.6 Å². The maximum absolute atomic E-state index is 12.0. The summed E-state index contributed by atoms with van der Waals surface area (Å²) in [5.74, 6) is -1.26. The molecule has 4 nitrogen and oxygen atoms in total. The van der Waals surface area contributed by atoms with Crippen molar-refractivity contribution in [3.8, 4) is 0 Å². The van der Waals surface area contributed by atoms with Gasteiger partial charge in [-0.05, 0) is 36.6 Å². The third kappa shape index (κ3) is 4.10. The van der Waals surface area contributed by atoms with E-state index in [4.69, 9.17) is 16.7 Å². The Morgan fingerprint density at radius 1 is 1.42 bits per heavy atom. The molecule has 1 aliphatic carbocycles.